The van der Waals surface area contributed by atoms with Crippen LogP contribution in [0.1, 0.15) is 52.9 Å². The van der Waals surface area contributed by atoms with Crippen molar-refractivity contribution < 1.29 is 27.5 Å². The van der Waals surface area contributed by atoms with Crippen molar-refractivity contribution in [3.63, 3.8) is 0 Å². The molecule has 0 saturated carbocycles. The highest BCUT2D eigenvalue weighted by molar-refractivity contribution is 7.89. The Balaban J connectivity index is 2.12. The van der Waals surface area contributed by atoms with E-state index in [-0.39, 0.29) is 26.4 Å². The Hall–Kier alpha value is -2.20. The number of rotatable bonds is 8. The lowest BCUT2D eigenvalue weighted by Crippen LogP contribution is -2.41. The fourth-order valence-corrected chi connectivity index (χ4v) is 4.63. The van der Waals surface area contributed by atoms with Crippen LogP contribution in [0, 0.1) is 13.8 Å². The van der Waals surface area contributed by atoms with Gasteiger partial charge >= 0.3 is 5.97 Å². The SMILES string of the molecule is CC(=O)c1c(C)[nH]c(C(=O)[C@@H](C)OC(=O)[C@H](C)NS(=O)(=O)c2ccc(Cl)c(Cl)c2)c1C. The number of carbonyl (C=O) groups is 3. The van der Waals surface area contributed by atoms with Crippen LogP contribution in [0.4, 0.5) is 0 Å². The average Bonchev–Trinajstić information content (AvgIpc) is 2.96. The number of aryl methyl sites for hydroxylation is 1. The van der Waals surface area contributed by atoms with Gasteiger partial charge < -0.3 is 9.72 Å². The second kappa shape index (κ2) is 9.52. The van der Waals surface area contributed by atoms with Gasteiger partial charge in [-0.15, -0.1) is 0 Å². The Morgan fingerprint density at radius 2 is 1.71 bits per heavy atom. The normalized spacial score (nSPS) is 13.5. The Labute approximate surface area is 190 Å². The topological polar surface area (TPSA) is 122 Å². The number of Topliss-reactive ketones (excluding diaryl/α,β-unsaturated/α-hetero) is 2. The molecule has 8 nitrogen and oxygen atoms in total. The van der Waals surface area contributed by atoms with E-state index < -0.39 is 33.9 Å². The zero-order valence-electron chi connectivity index (χ0n) is 17.5. The van der Waals surface area contributed by atoms with Gasteiger partial charge in [0.15, 0.2) is 11.9 Å². The van der Waals surface area contributed by atoms with Gasteiger partial charge in [0.25, 0.3) is 0 Å². The number of hydrogen-bond acceptors (Lipinski definition) is 6. The molecule has 2 rings (SSSR count). The van der Waals surface area contributed by atoms with Crippen molar-refractivity contribution in [2.24, 2.45) is 0 Å². The van der Waals surface area contributed by atoms with E-state index in [4.69, 9.17) is 27.9 Å². The van der Waals surface area contributed by atoms with Crippen LogP contribution in [0.5, 0.6) is 0 Å². The van der Waals surface area contributed by atoms with E-state index in [1.165, 1.54) is 32.9 Å². The molecule has 0 aliphatic carbocycles. The maximum absolute atomic E-state index is 12.7. The molecule has 11 heteroatoms. The van der Waals surface area contributed by atoms with E-state index in [0.29, 0.717) is 16.8 Å². The minimum atomic E-state index is -4.09. The molecule has 1 heterocycles. The zero-order valence-corrected chi connectivity index (χ0v) is 19.8. The quantitative estimate of drug-likeness (QED) is 0.432. The number of hydrogen-bond donors (Lipinski definition) is 2. The molecule has 0 spiro atoms. The van der Waals surface area contributed by atoms with Gasteiger partial charge in [-0.2, -0.15) is 4.72 Å². The molecule has 0 amide bonds. The number of carbonyl (C=O) groups excluding carboxylic acids is 3. The van der Waals surface area contributed by atoms with Gasteiger partial charge in [-0.1, -0.05) is 23.2 Å². The molecule has 31 heavy (non-hydrogen) atoms. The molecule has 0 fully saturated rings. The van der Waals surface area contributed by atoms with E-state index in [2.05, 4.69) is 9.71 Å². The van der Waals surface area contributed by atoms with Gasteiger partial charge in [0.1, 0.15) is 6.04 Å². The summed E-state index contributed by atoms with van der Waals surface area (Å²) in [5, 5.41) is 0.226. The summed E-state index contributed by atoms with van der Waals surface area (Å²) in [6.45, 7) is 7.32. The van der Waals surface area contributed by atoms with E-state index in [1.807, 2.05) is 0 Å². The smallest absolute Gasteiger partial charge is 0.324 e. The number of H-pyrrole nitrogens is 1. The second-order valence-electron chi connectivity index (χ2n) is 7.04. The van der Waals surface area contributed by atoms with E-state index >= 15 is 0 Å². The number of benzene rings is 1. The van der Waals surface area contributed by atoms with Crippen molar-refractivity contribution in [3.05, 3.63) is 50.8 Å². The van der Waals surface area contributed by atoms with Crippen molar-refractivity contribution in [3.8, 4) is 0 Å². The molecular weight excluding hydrogens is 467 g/mol. The van der Waals surface area contributed by atoms with E-state index in [9.17, 15) is 22.8 Å². The summed E-state index contributed by atoms with van der Waals surface area (Å²) in [5.41, 5.74) is 1.57. The molecule has 0 aliphatic heterocycles. The number of ether oxygens (including phenoxy) is 1. The monoisotopic (exact) mass is 488 g/mol. The third kappa shape index (κ3) is 5.54. The second-order valence-corrected chi connectivity index (χ2v) is 9.57. The third-order valence-electron chi connectivity index (χ3n) is 4.58. The summed E-state index contributed by atoms with van der Waals surface area (Å²) in [7, 11) is -4.09. The average molecular weight is 489 g/mol. The highest BCUT2D eigenvalue weighted by atomic mass is 35.5. The van der Waals surface area contributed by atoms with Crippen molar-refractivity contribution in [1.29, 1.82) is 0 Å². The summed E-state index contributed by atoms with van der Waals surface area (Å²) in [6.07, 6.45) is -1.21. The maximum Gasteiger partial charge on any atom is 0.324 e. The largest absolute Gasteiger partial charge is 0.453 e. The standard InChI is InChI=1S/C20H22Cl2N2O6S/c1-9-17(12(4)25)10(2)23-18(9)19(26)13(5)30-20(27)11(3)24-31(28,29)14-6-7-15(21)16(22)8-14/h6-8,11,13,23-24H,1-5H3/t11-,13+/m0/s1. The van der Waals surface area contributed by atoms with E-state index in [1.54, 1.807) is 13.8 Å². The first kappa shape index (κ1) is 25.1. The molecule has 1 aromatic heterocycles. The van der Waals surface area contributed by atoms with Gasteiger partial charge in [0.2, 0.25) is 15.8 Å². The van der Waals surface area contributed by atoms with Gasteiger partial charge in [-0.25, -0.2) is 8.42 Å². The van der Waals surface area contributed by atoms with Crippen LogP contribution in [-0.4, -0.2) is 43.1 Å². The molecule has 0 aliphatic rings. The van der Waals surface area contributed by atoms with Crippen LogP contribution in [-0.2, 0) is 19.6 Å². The predicted molar refractivity (Wildman–Crippen MR) is 116 cm³/mol. The first-order valence-electron chi connectivity index (χ1n) is 9.18. The first-order chi connectivity index (χ1) is 14.3. The molecule has 0 saturated heterocycles. The molecule has 0 bridgehead atoms. The minimum absolute atomic E-state index is 0.0422. The van der Waals surface area contributed by atoms with Crippen molar-refractivity contribution >= 4 is 50.8 Å². The molecule has 2 aromatic rings. The lowest BCUT2D eigenvalue weighted by atomic mass is 10.0. The third-order valence-corrected chi connectivity index (χ3v) is 6.86. The Morgan fingerprint density at radius 3 is 2.23 bits per heavy atom. The summed E-state index contributed by atoms with van der Waals surface area (Å²) >= 11 is 11.6. The number of halogens is 2. The summed E-state index contributed by atoms with van der Waals surface area (Å²) in [4.78, 5) is 39.5. The lowest BCUT2D eigenvalue weighted by molar-refractivity contribution is -0.147. The van der Waals surface area contributed by atoms with Crippen molar-refractivity contribution in [2.45, 2.75) is 51.7 Å². The molecule has 2 atom stereocenters. The zero-order chi connectivity index (χ0) is 23.7. The summed E-state index contributed by atoms with van der Waals surface area (Å²) in [6, 6.07) is 2.43. The minimum Gasteiger partial charge on any atom is -0.453 e. The lowest BCUT2D eigenvalue weighted by Gasteiger charge is -2.17. The number of aromatic nitrogens is 1. The Kier molecular flexibility index (Phi) is 7.70. The highest BCUT2D eigenvalue weighted by Crippen LogP contribution is 2.25. The number of nitrogens with one attached hydrogen (secondary N) is 2. The maximum atomic E-state index is 12.7. The number of sulfonamides is 1. The van der Waals surface area contributed by atoms with Crippen LogP contribution in [0.25, 0.3) is 0 Å². The molecule has 0 unspecified atom stereocenters. The van der Waals surface area contributed by atoms with Crippen molar-refractivity contribution in [2.75, 3.05) is 0 Å². The predicted octanol–water partition coefficient (Wildman–Crippen LogP) is 3.62. The van der Waals surface area contributed by atoms with Gasteiger partial charge in [0.05, 0.1) is 20.6 Å². The van der Waals surface area contributed by atoms with Crippen LogP contribution in [0.2, 0.25) is 10.0 Å². The summed E-state index contributed by atoms with van der Waals surface area (Å²) in [5.74, 6) is -1.68. The number of aromatic amines is 1. The fraction of sp³-hybridized carbons (Fsp3) is 0.350. The fourth-order valence-electron chi connectivity index (χ4n) is 3.05. The van der Waals surface area contributed by atoms with Gasteiger partial charge in [0, 0.05) is 11.3 Å². The highest BCUT2D eigenvalue weighted by Gasteiger charge is 2.29. The van der Waals surface area contributed by atoms with Crippen molar-refractivity contribution in [1.82, 2.24) is 9.71 Å². The summed E-state index contributed by atoms with van der Waals surface area (Å²) < 4.78 is 32.3. The molecule has 2 N–H and O–H groups in total. The molecular formula is C20H22Cl2N2O6S. The number of esters is 1. The molecule has 0 radical (unpaired) electrons. The van der Waals surface area contributed by atoms with E-state index in [0.717, 1.165) is 6.07 Å². The van der Waals surface area contributed by atoms with Crippen LogP contribution in [0.3, 0.4) is 0 Å². The Bertz CT molecular complexity index is 1160. The molecule has 1 aromatic carbocycles. The van der Waals surface area contributed by atoms with Gasteiger partial charge in [-0.3, -0.25) is 14.4 Å². The Morgan fingerprint density at radius 1 is 1.10 bits per heavy atom. The van der Waals surface area contributed by atoms with Crippen LogP contribution >= 0.6 is 23.2 Å². The molecule has 168 valence electrons. The van der Waals surface area contributed by atoms with Gasteiger partial charge in [-0.05, 0) is 58.4 Å². The van der Waals surface area contributed by atoms with Crippen LogP contribution < -0.4 is 4.72 Å². The first-order valence-corrected chi connectivity index (χ1v) is 11.4. The van der Waals surface area contributed by atoms with Crippen LogP contribution in [0.15, 0.2) is 23.1 Å². The number of ketones is 2.